The second-order valence-corrected chi connectivity index (χ2v) is 6.71. The lowest BCUT2D eigenvalue weighted by atomic mass is 10.1. The maximum atomic E-state index is 12.4. The summed E-state index contributed by atoms with van der Waals surface area (Å²) in [6, 6.07) is 3.26. The molecule has 1 heterocycles. The minimum atomic E-state index is -0.526. The molecule has 0 radical (unpaired) electrons. The number of hydrogen-bond donors (Lipinski definition) is 2. The molecule has 1 aromatic heterocycles. The summed E-state index contributed by atoms with van der Waals surface area (Å²) in [6.07, 6.45) is 5.73. The van der Waals surface area contributed by atoms with E-state index in [0.29, 0.717) is 6.54 Å². The molecular formula is C19H31N3O3. The second-order valence-electron chi connectivity index (χ2n) is 6.71. The van der Waals surface area contributed by atoms with Gasteiger partial charge in [-0.1, -0.05) is 26.7 Å². The highest BCUT2D eigenvalue weighted by molar-refractivity contribution is 5.88. The standard InChI is InChI=1S/C19H31N3O3/c1-4-22(5-2)16(17-11-8-12-25-17)13-20-18(23)14(3)21-19(24)15-9-6-7-10-15/h8,11-12,14-16H,4-7,9-10,13H2,1-3H3,(H,20,23)(H,21,24)/t14-,16+/m0/s1. The molecule has 25 heavy (non-hydrogen) atoms. The number of nitrogens with zero attached hydrogens (tertiary/aromatic N) is 1. The molecule has 0 spiro atoms. The first-order valence-electron chi connectivity index (χ1n) is 9.42. The van der Waals surface area contributed by atoms with Crippen LogP contribution in [-0.4, -0.2) is 42.4 Å². The molecule has 1 fully saturated rings. The maximum Gasteiger partial charge on any atom is 0.242 e. The lowest BCUT2D eigenvalue weighted by Crippen LogP contribution is -2.48. The first-order valence-corrected chi connectivity index (χ1v) is 9.42. The summed E-state index contributed by atoms with van der Waals surface area (Å²) < 4.78 is 5.54. The molecule has 6 heteroatoms. The van der Waals surface area contributed by atoms with Crippen molar-refractivity contribution in [2.45, 2.75) is 58.5 Å². The van der Waals surface area contributed by atoms with Gasteiger partial charge in [-0.15, -0.1) is 0 Å². The van der Waals surface area contributed by atoms with Crippen molar-refractivity contribution in [3.05, 3.63) is 24.2 Å². The second kappa shape index (κ2) is 9.61. The van der Waals surface area contributed by atoms with Crippen molar-refractivity contribution in [2.75, 3.05) is 19.6 Å². The summed E-state index contributed by atoms with van der Waals surface area (Å²) in [6.45, 7) is 8.11. The molecule has 2 amide bonds. The van der Waals surface area contributed by atoms with E-state index in [0.717, 1.165) is 44.5 Å². The first kappa shape index (κ1) is 19.5. The van der Waals surface area contributed by atoms with Crippen molar-refractivity contribution < 1.29 is 14.0 Å². The zero-order valence-electron chi connectivity index (χ0n) is 15.6. The molecule has 0 bridgehead atoms. The number of rotatable bonds is 9. The van der Waals surface area contributed by atoms with Gasteiger partial charge >= 0.3 is 0 Å². The van der Waals surface area contributed by atoms with Gasteiger partial charge in [-0.25, -0.2) is 0 Å². The summed E-state index contributed by atoms with van der Waals surface area (Å²) in [7, 11) is 0. The lowest BCUT2D eigenvalue weighted by Gasteiger charge is -2.28. The van der Waals surface area contributed by atoms with Crippen molar-refractivity contribution in [2.24, 2.45) is 5.92 Å². The zero-order chi connectivity index (χ0) is 18.2. The summed E-state index contributed by atoms with van der Waals surface area (Å²) in [5.74, 6) is 0.759. The van der Waals surface area contributed by atoms with Crippen molar-refractivity contribution in [1.82, 2.24) is 15.5 Å². The van der Waals surface area contributed by atoms with Gasteiger partial charge in [-0.3, -0.25) is 14.5 Å². The third kappa shape index (κ3) is 5.33. The molecular weight excluding hydrogens is 318 g/mol. The van der Waals surface area contributed by atoms with Gasteiger partial charge in [0.1, 0.15) is 11.8 Å². The van der Waals surface area contributed by atoms with Crippen LogP contribution in [0.15, 0.2) is 22.8 Å². The Labute approximate surface area is 150 Å². The Morgan fingerprint density at radius 2 is 1.96 bits per heavy atom. The van der Waals surface area contributed by atoms with Crippen LogP contribution in [-0.2, 0) is 9.59 Å². The number of amides is 2. The van der Waals surface area contributed by atoms with E-state index in [-0.39, 0.29) is 23.8 Å². The Bertz CT molecular complexity index is 534. The minimum absolute atomic E-state index is 0.00600. The number of carbonyl (C=O) groups excluding carboxylic acids is 2. The van der Waals surface area contributed by atoms with Crippen LogP contribution in [0.25, 0.3) is 0 Å². The Kier molecular flexibility index (Phi) is 7.50. The van der Waals surface area contributed by atoms with Crippen LogP contribution in [0, 0.1) is 5.92 Å². The van der Waals surface area contributed by atoms with Gasteiger partial charge in [-0.2, -0.15) is 0 Å². The predicted octanol–water partition coefficient (Wildman–Crippen LogP) is 2.47. The third-order valence-electron chi connectivity index (χ3n) is 5.07. The summed E-state index contributed by atoms with van der Waals surface area (Å²) in [5.41, 5.74) is 0. The maximum absolute atomic E-state index is 12.4. The average Bonchev–Trinajstić information content (AvgIpc) is 3.31. The van der Waals surface area contributed by atoms with Crippen LogP contribution in [0.5, 0.6) is 0 Å². The molecule has 2 atom stereocenters. The highest BCUT2D eigenvalue weighted by atomic mass is 16.3. The van der Waals surface area contributed by atoms with Gasteiger partial charge in [0.05, 0.1) is 12.3 Å². The molecule has 2 N–H and O–H groups in total. The van der Waals surface area contributed by atoms with Crippen LogP contribution in [0.1, 0.15) is 58.3 Å². The summed E-state index contributed by atoms with van der Waals surface area (Å²) in [4.78, 5) is 26.8. The zero-order valence-corrected chi connectivity index (χ0v) is 15.6. The van der Waals surface area contributed by atoms with E-state index in [2.05, 4.69) is 29.4 Å². The van der Waals surface area contributed by atoms with E-state index in [9.17, 15) is 9.59 Å². The SMILES string of the molecule is CCN(CC)[C@H](CNC(=O)[C@H](C)NC(=O)C1CCCC1)c1ccco1. The van der Waals surface area contributed by atoms with Gasteiger partial charge in [0.2, 0.25) is 11.8 Å². The van der Waals surface area contributed by atoms with Crippen molar-refractivity contribution in [1.29, 1.82) is 0 Å². The number of carbonyl (C=O) groups is 2. The van der Waals surface area contributed by atoms with Crippen molar-refractivity contribution in [3.8, 4) is 0 Å². The summed E-state index contributed by atoms with van der Waals surface area (Å²) >= 11 is 0. The van der Waals surface area contributed by atoms with Crippen molar-refractivity contribution in [3.63, 3.8) is 0 Å². The number of hydrogen-bond acceptors (Lipinski definition) is 4. The van der Waals surface area contributed by atoms with E-state index in [1.807, 2.05) is 12.1 Å². The van der Waals surface area contributed by atoms with Gasteiger partial charge in [0.15, 0.2) is 0 Å². The van der Waals surface area contributed by atoms with Crippen LogP contribution < -0.4 is 10.6 Å². The molecule has 1 aliphatic carbocycles. The van der Waals surface area contributed by atoms with Crippen LogP contribution in [0.2, 0.25) is 0 Å². The third-order valence-corrected chi connectivity index (χ3v) is 5.07. The highest BCUT2D eigenvalue weighted by Crippen LogP contribution is 2.24. The number of nitrogens with one attached hydrogen (secondary N) is 2. The van der Waals surface area contributed by atoms with E-state index in [4.69, 9.17) is 4.42 Å². The molecule has 6 nitrogen and oxygen atoms in total. The summed E-state index contributed by atoms with van der Waals surface area (Å²) in [5, 5.41) is 5.81. The predicted molar refractivity (Wildman–Crippen MR) is 96.9 cm³/mol. The van der Waals surface area contributed by atoms with Gasteiger partial charge < -0.3 is 15.1 Å². The normalized spacial score (nSPS) is 17.4. The monoisotopic (exact) mass is 349 g/mol. The molecule has 2 rings (SSSR count). The Hall–Kier alpha value is -1.82. The largest absolute Gasteiger partial charge is 0.468 e. The number of furan rings is 1. The molecule has 0 aliphatic heterocycles. The molecule has 1 saturated carbocycles. The molecule has 1 aliphatic rings. The first-order chi connectivity index (χ1) is 12.1. The van der Waals surface area contributed by atoms with E-state index < -0.39 is 6.04 Å². The fraction of sp³-hybridized carbons (Fsp3) is 0.684. The Morgan fingerprint density at radius 1 is 1.28 bits per heavy atom. The Balaban J connectivity index is 1.88. The fourth-order valence-electron chi connectivity index (χ4n) is 3.49. The fourth-order valence-corrected chi connectivity index (χ4v) is 3.49. The molecule has 0 saturated heterocycles. The van der Waals surface area contributed by atoms with Crippen LogP contribution in [0.4, 0.5) is 0 Å². The van der Waals surface area contributed by atoms with Gasteiger partial charge in [0, 0.05) is 12.5 Å². The van der Waals surface area contributed by atoms with Gasteiger partial charge in [0.25, 0.3) is 0 Å². The molecule has 1 aromatic rings. The van der Waals surface area contributed by atoms with E-state index in [1.54, 1.807) is 13.2 Å². The molecule has 140 valence electrons. The average molecular weight is 349 g/mol. The smallest absolute Gasteiger partial charge is 0.242 e. The molecule has 0 unspecified atom stereocenters. The topological polar surface area (TPSA) is 74.6 Å². The van der Waals surface area contributed by atoms with Crippen molar-refractivity contribution >= 4 is 11.8 Å². The van der Waals surface area contributed by atoms with Crippen LogP contribution >= 0.6 is 0 Å². The van der Waals surface area contributed by atoms with Gasteiger partial charge in [-0.05, 0) is 45.0 Å². The molecule has 0 aromatic carbocycles. The number of likely N-dealkylation sites (N-methyl/N-ethyl adjacent to an activating group) is 1. The Morgan fingerprint density at radius 3 is 2.52 bits per heavy atom. The van der Waals surface area contributed by atoms with E-state index in [1.165, 1.54) is 0 Å². The van der Waals surface area contributed by atoms with Crippen LogP contribution in [0.3, 0.4) is 0 Å². The quantitative estimate of drug-likeness (QED) is 0.718. The highest BCUT2D eigenvalue weighted by Gasteiger charge is 2.26. The lowest BCUT2D eigenvalue weighted by molar-refractivity contribution is -0.130. The van der Waals surface area contributed by atoms with E-state index >= 15 is 0 Å². The minimum Gasteiger partial charge on any atom is -0.468 e.